The topological polar surface area (TPSA) is 148 Å². The summed E-state index contributed by atoms with van der Waals surface area (Å²) in [4.78, 5) is 0. The van der Waals surface area contributed by atoms with Gasteiger partial charge in [0, 0.05) is 12.5 Å². The number of sulfonamides is 1. The second kappa shape index (κ2) is 29.9. The lowest BCUT2D eigenvalue weighted by atomic mass is 10.1. The fraction of sp³-hybridized carbons (Fsp3) is 0.697. The van der Waals surface area contributed by atoms with E-state index >= 15 is 0 Å². The Bertz CT molecular complexity index is 1120. The van der Waals surface area contributed by atoms with Crippen molar-refractivity contribution in [3.05, 3.63) is 42.5 Å². The zero-order valence-electron chi connectivity index (χ0n) is 28.3. The predicted molar refractivity (Wildman–Crippen MR) is 181 cm³/mol. The van der Waals surface area contributed by atoms with Crippen molar-refractivity contribution in [3.8, 4) is 0 Å². The lowest BCUT2D eigenvalue weighted by molar-refractivity contribution is -0.0269. The summed E-state index contributed by atoms with van der Waals surface area (Å²) >= 11 is 0. The largest absolute Gasteiger partial charge is 0.382 e. The highest BCUT2D eigenvalue weighted by atomic mass is 32.2. The number of methoxy groups -OCH3 is 1. The summed E-state index contributed by atoms with van der Waals surface area (Å²) in [7, 11) is -1.89. The van der Waals surface area contributed by atoms with Gasteiger partial charge >= 0.3 is 0 Å². The van der Waals surface area contributed by atoms with Crippen LogP contribution in [0.3, 0.4) is 0 Å². The van der Waals surface area contributed by atoms with Gasteiger partial charge in [0.1, 0.15) is 0 Å². The van der Waals surface area contributed by atoms with Gasteiger partial charge in [-0.2, -0.15) is 0 Å². The van der Waals surface area contributed by atoms with Crippen LogP contribution in [-0.4, -0.2) is 160 Å². The molecule has 0 aliphatic carbocycles. The van der Waals surface area contributed by atoms with Crippen LogP contribution in [0.4, 0.5) is 5.69 Å². The Morgan fingerprint density at radius 3 is 1.17 bits per heavy atom. The van der Waals surface area contributed by atoms with Gasteiger partial charge < -0.3 is 52.1 Å². The molecule has 0 unspecified atom stereocenters. The van der Waals surface area contributed by atoms with Crippen LogP contribution < -0.4 is 4.72 Å². The summed E-state index contributed by atoms with van der Waals surface area (Å²) in [5.74, 6) is -0.142. The molecule has 0 saturated carbocycles. The molecule has 2 aromatic carbocycles. The molecule has 14 nitrogen and oxygen atoms in total. The molecule has 2 rings (SSSR count). The van der Waals surface area contributed by atoms with Crippen molar-refractivity contribution in [1.82, 2.24) is 0 Å². The summed E-state index contributed by atoms with van der Waals surface area (Å²) in [6.07, 6.45) is 0. The molecule has 2 aromatic rings. The number of hydrogen-bond acceptors (Lipinski definition) is 13. The van der Waals surface area contributed by atoms with Gasteiger partial charge in [-0.15, -0.1) is 0 Å². The van der Waals surface area contributed by atoms with Crippen LogP contribution in [-0.2, 0) is 62.1 Å². The first kappa shape index (κ1) is 42.2. The van der Waals surface area contributed by atoms with Crippen LogP contribution in [0.25, 0.3) is 10.8 Å². The normalized spacial score (nSPS) is 11.9. The number of anilines is 1. The Kier molecular flexibility index (Phi) is 26.3. The van der Waals surface area contributed by atoms with E-state index in [1.165, 1.54) is 0 Å². The Balaban J connectivity index is 1.23. The number of ether oxygens (including phenoxy) is 11. The highest BCUT2D eigenvalue weighted by molar-refractivity contribution is 7.92. The van der Waals surface area contributed by atoms with Crippen LogP contribution in [0.15, 0.2) is 42.5 Å². The van der Waals surface area contributed by atoms with E-state index in [1.807, 2.05) is 36.4 Å². The first-order valence-electron chi connectivity index (χ1n) is 16.4. The summed E-state index contributed by atoms with van der Waals surface area (Å²) in [6.45, 7) is 9.70. The van der Waals surface area contributed by atoms with Crippen LogP contribution in [0.2, 0.25) is 0 Å². The molecule has 0 aliphatic heterocycles. The van der Waals surface area contributed by atoms with E-state index in [-0.39, 0.29) is 12.4 Å². The zero-order chi connectivity index (χ0) is 34.2. The molecule has 0 radical (unpaired) electrons. The maximum absolute atomic E-state index is 12.4. The van der Waals surface area contributed by atoms with Crippen LogP contribution >= 0.6 is 0 Å². The van der Waals surface area contributed by atoms with E-state index in [4.69, 9.17) is 52.1 Å². The van der Waals surface area contributed by atoms with Gasteiger partial charge in [0.2, 0.25) is 10.0 Å². The fourth-order valence-corrected chi connectivity index (χ4v) is 4.88. The molecule has 0 saturated heterocycles. The second-order valence-corrected chi connectivity index (χ2v) is 11.9. The van der Waals surface area contributed by atoms with Crippen LogP contribution in [0.5, 0.6) is 0 Å². The van der Waals surface area contributed by atoms with Crippen molar-refractivity contribution in [2.45, 2.75) is 0 Å². The summed E-state index contributed by atoms with van der Waals surface area (Å²) in [6, 6.07) is 13.1. The highest BCUT2D eigenvalue weighted by Crippen LogP contribution is 2.23. The van der Waals surface area contributed by atoms with Gasteiger partial charge in [0.25, 0.3) is 0 Å². The summed E-state index contributed by atoms with van der Waals surface area (Å²) in [5.41, 5.74) is 0.559. The Labute approximate surface area is 285 Å². The van der Waals surface area contributed by atoms with Gasteiger partial charge in [-0.05, 0) is 11.5 Å². The third-order valence-electron chi connectivity index (χ3n) is 6.33. The monoisotopic (exact) mass is 705 g/mol. The van der Waals surface area contributed by atoms with Crippen molar-refractivity contribution in [2.75, 3.05) is 156 Å². The first-order valence-corrected chi connectivity index (χ1v) is 18.0. The average Bonchev–Trinajstić information content (AvgIpc) is 3.09. The maximum atomic E-state index is 12.4. The molecule has 15 heteroatoms. The molecule has 276 valence electrons. The van der Waals surface area contributed by atoms with E-state index in [9.17, 15) is 8.42 Å². The molecule has 1 N–H and O–H groups in total. The van der Waals surface area contributed by atoms with Crippen molar-refractivity contribution >= 4 is 26.5 Å². The maximum Gasteiger partial charge on any atom is 0.235 e. The molecule has 0 aliphatic rings. The molecular weight excluding hydrogens is 650 g/mol. The summed E-state index contributed by atoms with van der Waals surface area (Å²) < 4.78 is 86.7. The third-order valence-corrected chi connectivity index (χ3v) is 7.57. The predicted octanol–water partition coefficient (Wildman–Crippen LogP) is 2.39. The second-order valence-electron chi connectivity index (χ2n) is 10.1. The van der Waals surface area contributed by atoms with Gasteiger partial charge in [-0.1, -0.05) is 36.4 Å². The molecule has 0 atom stereocenters. The van der Waals surface area contributed by atoms with Gasteiger partial charge in [0.05, 0.1) is 150 Å². The fourth-order valence-electron chi connectivity index (χ4n) is 3.93. The lowest BCUT2D eigenvalue weighted by Gasteiger charge is -2.11. The first-order chi connectivity index (χ1) is 23.6. The van der Waals surface area contributed by atoms with Gasteiger partial charge in [-0.3, -0.25) is 4.72 Å². The number of fused-ring (bicyclic) bond motifs is 1. The van der Waals surface area contributed by atoms with E-state index < -0.39 is 10.0 Å². The quantitative estimate of drug-likeness (QED) is 0.105. The molecule has 0 aromatic heterocycles. The molecule has 0 fully saturated rings. The molecule has 0 amide bonds. The van der Waals surface area contributed by atoms with Crippen LogP contribution in [0.1, 0.15) is 0 Å². The third kappa shape index (κ3) is 23.4. The minimum atomic E-state index is -3.53. The number of nitrogens with one attached hydrogen (secondary N) is 1. The van der Waals surface area contributed by atoms with Crippen molar-refractivity contribution in [1.29, 1.82) is 0 Å². The van der Waals surface area contributed by atoms with Gasteiger partial charge in [0.15, 0.2) is 0 Å². The minimum absolute atomic E-state index is 0.0748. The van der Waals surface area contributed by atoms with Gasteiger partial charge in [-0.25, -0.2) is 8.42 Å². The molecule has 0 bridgehead atoms. The number of hydrogen-bond donors (Lipinski definition) is 1. The van der Waals surface area contributed by atoms with Crippen molar-refractivity contribution in [2.24, 2.45) is 0 Å². The molecular formula is C33H55NO13S. The number of rotatable bonds is 35. The Hall–Kier alpha value is -1.99. The van der Waals surface area contributed by atoms with Crippen molar-refractivity contribution in [3.63, 3.8) is 0 Å². The minimum Gasteiger partial charge on any atom is -0.382 e. The molecule has 0 heterocycles. The Morgan fingerprint density at radius 2 is 0.771 bits per heavy atom. The summed E-state index contributed by atoms with van der Waals surface area (Å²) in [5, 5.41) is 1.82. The molecule has 0 spiro atoms. The van der Waals surface area contributed by atoms with E-state index in [0.717, 1.165) is 10.8 Å². The molecule has 48 heavy (non-hydrogen) atoms. The average molecular weight is 706 g/mol. The highest BCUT2D eigenvalue weighted by Gasteiger charge is 2.12. The van der Waals surface area contributed by atoms with Crippen LogP contribution in [0, 0.1) is 0 Å². The lowest BCUT2D eigenvalue weighted by Crippen LogP contribution is -2.21. The van der Waals surface area contributed by atoms with E-state index in [0.29, 0.717) is 138 Å². The number of benzene rings is 2. The Morgan fingerprint density at radius 1 is 0.438 bits per heavy atom. The zero-order valence-corrected chi connectivity index (χ0v) is 29.1. The standard InChI is InChI=1S/C33H55NO13S/c1-37-9-10-38-11-12-39-13-14-40-15-16-41-17-18-42-19-20-43-21-22-44-23-24-45-25-26-46-27-28-47-29-30-48(35,36)34-33-8-4-6-31-5-2-3-7-32(31)33/h2-8,34H,9-30H2,1H3. The SMILES string of the molecule is COCCOCCOCCOCCOCCOCCOCCOCCOCCOCCOCCS(=O)(=O)Nc1cccc2ccccc12. The van der Waals surface area contributed by atoms with E-state index in [2.05, 4.69) is 4.72 Å². The van der Waals surface area contributed by atoms with E-state index in [1.54, 1.807) is 13.2 Å². The smallest absolute Gasteiger partial charge is 0.235 e. The van der Waals surface area contributed by atoms with Crippen molar-refractivity contribution < 1.29 is 60.5 Å².